The molecule has 3 atom stereocenters. The molecule has 0 heterocycles. The lowest BCUT2D eigenvalue weighted by atomic mass is 9.67. The summed E-state index contributed by atoms with van der Waals surface area (Å²) in [4.78, 5) is 12.1. The molecule has 1 aliphatic carbocycles. The van der Waals surface area contributed by atoms with Gasteiger partial charge in [-0.1, -0.05) is 67.1 Å². The van der Waals surface area contributed by atoms with E-state index in [4.69, 9.17) is 5.73 Å². The van der Waals surface area contributed by atoms with Gasteiger partial charge in [-0.2, -0.15) is 0 Å². The Kier molecular flexibility index (Phi) is 4.05. The first-order valence-electron chi connectivity index (χ1n) is 7.66. The van der Waals surface area contributed by atoms with Gasteiger partial charge in [0.1, 0.15) is 0 Å². The van der Waals surface area contributed by atoms with E-state index >= 15 is 0 Å². The first-order chi connectivity index (χ1) is 10.3. The molecular formula is C19H21NO. The highest BCUT2D eigenvalue weighted by atomic mass is 16.1. The van der Waals surface area contributed by atoms with Crippen molar-refractivity contribution in [1.82, 2.24) is 0 Å². The number of amides is 1. The molecule has 3 rings (SSSR count). The SMILES string of the molecule is NC(=O)C1[C@@H](c2ccccc2)CCC[C@H]1c1ccccc1. The van der Waals surface area contributed by atoms with E-state index in [1.54, 1.807) is 0 Å². The zero-order chi connectivity index (χ0) is 14.7. The lowest BCUT2D eigenvalue weighted by molar-refractivity contribution is -0.124. The van der Waals surface area contributed by atoms with Crippen LogP contribution >= 0.6 is 0 Å². The van der Waals surface area contributed by atoms with Gasteiger partial charge in [-0.3, -0.25) is 4.79 Å². The van der Waals surface area contributed by atoms with Crippen LogP contribution in [-0.2, 0) is 4.79 Å². The van der Waals surface area contributed by atoms with Crippen LogP contribution in [0.25, 0.3) is 0 Å². The molecule has 0 bridgehead atoms. The molecule has 2 heteroatoms. The third-order valence-electron chi connectivity index (χ3n) is 4.68. The van der Waals surface area contributed by atoms with Crippen LogP contribution in [0.15, 0.2) is 60.7 Å². The molecule has 0 saturated heterocycles. The van der Waals surface area contributed by atoms with Crippen LogP contribution < -0.4 is 5.73 Å². The molecule has 2 N–H and O–H groups in total. The van der Waals surface area contributed by atoms with Crippen molar-refractivity contribution in [3.05, 3.63) is 71.8 Å². The summed E-state index contributed by atoms with van der Waals surface area (Å²) >= 11 is 0. The molecule has 0 aliphatic heterocycles. The van der Waals surface area contributed by atoms with Gasteiger partial charge in [-0.15, -0.1) is 0 Å². The predicted molar refractivity (Wildman–Crippen MR) is 84.9 cm³/mol. The van der Waals surface area contributed by atoms with Crippen molar-refractivity contribution in [2.24, 2.45) is 11.7 Å². The highest BCUT2D eigenvalue weighted by Gasteiger charge is 2.38. The third kappa shape index (κ3) is 2.85. The van der Waals surface area contributed by atoms with Gasteiger partial charge in [0.2, 0.25) is 5.91 Å². The van der Waals surface area contributed by atoms with Gasteiger partial charge in [0.05, 0.1) is 5.92 Å². The van der Waals surface area contributed by atoms with Crippen LogP contribution in [0.2, 0.25) is 0 Å². The fourth-order valence-electron chi connectivity index (χ4n) is 3.74. The summed E-state index contributed by atoms with van der Waals surface area (Å²) in [5, 5.41) is 0. The number of carbonyl (C=O) groups excluding carboxylic acids is 1. The molecule has 0 aromatic heterocycles. The fraction of sp³-hybridized carbons (Fsp3) is 0.316. The first-order valence-corrected chi connectivity index (χ1v) is 7.66. The number of nitrogens with two attached hydrogens (primary N) is 1. The Bertz CT molecular complexity index is 546. The summed E-state index contributed by atoms with van der Waals surface area (Å²) in [7, 11) is 0. The van der Waals surface area contributed by atoms with Crippen molar-refractivity contribution in [3.63, 3.8) is 0 Å². The molecule has 1 amide bonds. The second kappa shape index (κ2) is 6.13. The molecule has 0 radical (unpaired) electrons. The van der Waals surface area contributed by atoms with Crippen molar-refractivity contribution in [1.29, 1.82) is 0 Å². The van der Waals surface area contributed by atoms with E-state index in [0.717, 1.165) is 19.3 Å². The normalized spacial score (nSPS) is 25.4. The number of rotatable bonds is 3. The van der Waals surface area contributed by atoms with Crippen LogP contribution in [0.1, 0.15) is 42.2 Å². The average molecular weight is 279 g/mol. The van der Waals surface area contributed by atoms with Crippen molar-refractivity contribution in [3.8, 4) is 0 Å². The zero-order valence-electron chi connectivity index (χ0n) is 12.1. The first kappa shape index (κ1) is 13.9. The van der Waals surface area contributed by atoms with Crippen molar-refractivity contribution >= 4 is 5.91 Å². The topological polar surface area (TPSA) is 43.1 Å². The van der Waals surface area contributed by atoms with Crippen molar-refractivity contribution in [2.45, 2.75) is 31.1 Å². The summed E-state index contributed by atoms with van der Waals surface area (Å²) in [6, 6.07) is 20.7. The molecule has 2 aromatic carbocycles. The second-order valence-corrected chi connectivity index (χ2v) is 5.89. The number of primary amides is 1. The van der Waals surface area contributed by atoms with E-state index in [0.29, 0.717) is 0 Å². The Labute approximate surface area is 126 Å². The molecule has 1 aliphatic rings. The van der Waals surface area contributed by atoms with Crippen LogP contribution in [0.5, 0.6) is 0 Å². The van der Waals surface area contributed by atoms with Gasteiger partial charge in [-0.25, -0.2) is 0 Å². The lowest BCUT2D eigenvalue weighted by Gasteiger charge is -2.37. The van der Waals surface area contributed by atoms with Crippen LogP contribution in [0, 0.1) is 5.92 Å². The highest BCUT2D eigenvalue weighted by Crippen LogP contribution is 2.45. The minimum atomic E-state index is -0.169. The summed E-state index contributed by atoms with van der Waals surface area (Å²) in [5.74, 6) is 0.200. The Hall–Kier alpha value is -2.09. The Morgan fingerprint density at radius 3 is 1.62 bits per heavy atom. The summed E-state index contributed by atoms with van der Waals surface area (Å²) in [6.45, 7) is 0. The van der Waals surface area contributed by atoms with E-state index in [1.807, 2.05) is 36.4 Å². The molecule has 2 nitrogen and oxygen atoms in total. The molecule has 0 spiro atoms. The summed E-state index contributed by atoms with van der Waals surface area (Å²) < 4.78 is 0. The summed E-state index contributed by atoms with van der Waals surface area (Å²) in [6.07, 6.45) is 3.23. The van der Waals surface area contributed by atoms with Gasteiger partial charge >= 0.3 is 0 Å². The van der Waals surface area contributed by atoms with E-state index in [-0.39, 0.29) is 23.7 Å². The largest absolute Gasteiger partial charge is 0.369 e. The van der Waals surface area contributed by atoms with Gasteiger partial charge in [-0.05, 0) is 35.8 Å². The van der Waals surface area contributed by atoms with Gasteiger partial charge in [0, 0.05) is 0 Å². The third-order valence-corrected chi connectivity index (χ3v) is 4.68. The lowest BCUT2D eigenvalue weighted by Crippen LogP contribution is -2.36. The zero-order valence-corrected chi connectivity index (χ0v) is 12.1. The van der Waals surface area contributed by atoms with Crippen molar-refractivity contribution < 1.29 is 4.79 Å². The van der Waals surface area contributed by atoms with E-state index < -0.39 is 0 Å². The van der Waals surface area contributed by atoms with Crippen molar-refractivity contribution in [2.75, 3.05) is 0 Å². The van der Waals surface area contributed by atoms with Crippen LogP contribution in [-0.4, -0.2) is 5.91 Å². The van der Waals surface area contributed by atoms with Gasteiger partial charge in [0.15, 0.2) is 0 Å². The Morgan fingerprint density at radius 1 is 0.810 bits per heavy atom. The Morgan fingerprint density at radius 2 is 1.24 bits per heavy atom. The van der Waals surface area contributed by atoms with Crippen LogP contribution in [0.3, 0.4) is 0 Å². The highest BCUT2D eigenvalue weighted by molar-refractivity contribution is 5.79. The predicted octanol–water partition coefficient (Wildman–Crippen LogP) is 3.84. The molecule has 1 saturated carbocycles. The van der Waals surface area contributed by atoms with Gasteiger partial charge in [0.25, 0.3) is 0 Å². The van der Waals surface area contributed by atoms with E-state index in [2.05, 4.69) is 24.3 Å². The molecule has 108 valence electrons. The smallest absolute Gasteiger partial charge is 0.221 e. The number of hydrogen-bond acceptors (Lipinski definition) is 1. The quantitative estimate of drug-likeness (QED) is 0.911. The van der Waals surface area contributed by atoms with Gasteiger partial charge < -0.3 is 5.73 Å². The molecule has 2 aromatic rings. The number of carbonyl (C=O) groups is 1. The Balaban J connectivity index is 1.97. The molecule has 1 unspecified atom stereocenters. The minimum absolute atomic E-state index is 0.108. The maximum atomic E-state index is 12.1. The fourth-order valence-corrected chi connectivity index (χ4v) is 3.74. The average Bonchev–Trinajstić information content (AvgIpc) is 2.55. The number of hydrogen-bond donors (Lipinski definition) is 1. The van der Waals surface area contributed by atoms with E-state index in [1.165, 1.54) is 11.1 Å². The maximum absolute atomic E-state index is 12.1. The molecule has 21 heavy (non-hydrogen) atoms. The number of benzene rings is 2. The standard InChI is InChI=1S/C19H21NO/c20-19(21)18-16(14-8-3-1-4-9-14)12-7-13-17(18)15-10-5-2-6-11-15/h1-6,8-11,16-18H,7,12-13H2,(H2,20,21)/t16-,17+,18?. The minimum Gasteiger partial charge on any atom is -0.369 e. The molecular weight excluding hydrogens is 258 g/mol. The monoisotopic (exact) mass is 279 g/mol. The molecule has 1 fully saturated rings. The summed E-state index contributed by atoms with van der Waals surface area (Å²) in [5.41, 5.74) is 8.26. The van der Waals surface area contributed by atoms with Crippen LogP contribution in [0.4, 0.5) is 0 Å². The van der Waals surface area contributed by atoms with E-state index in [9.17, 15) is 4.79 Å². The maximum Gasteiger partial charge on any atom is 0.221 e. The second-order valence-electron chi connectivity index (χ2n) is 5.89.